The van der Waals surface area contributed by atoms with Crippen LogP contribution in [0.2, 0.25) is 10.0 Å². The molecule has 0 unspecified atom stereocenters. The first-order valence-corrected chi connectivity index (χ1v) is 8.49. The molecule has 0 saturated carbocycles. The molecular formula is C12H14Cl2N2O4S. The Bertz CT molecular complexity index is 643. The number of amides is 1. The molecule has 0 aliphatic carbocycles. The van der Waals surface area contributed by atoms with Crippen LogP contribution in [0.15, 0.2) is 23.1 Å². The zero-order valence-corrected chi connectivity index (χ0v) is 13.2. The van der Waals surface area contributed by atoms with Gasteiger partial charge in [-0.05, 0) is 31.0 Å². The van der Waals surface area contributed by atoms with Crippen molar-refractivity contribution in [1.82, 2.24) is 9.62 Å². The van der Waals surface area contributed by atoms with Crippen molar-refractivity contribution in [2.24, 2.45) is 0 Å². The second kappa shape index (κ2) is 6.39. The van der Waals surface area contributed by atoms with Gasteiger partial charge in [-0.25, -0.2) is 17.9 Å². The molecule has 0 aromatic heterocycles. The van der Waals surface area contributed by atoms with Crippen LogP contribution in [0.25, 0.3) is 0 Å². The van der Waals surface area contributed by atoms with E-state index >= 15 is 0 Å². The van der Waals surface area contributed by atoms with Crippen LogP contribution in [0.3, 0.4) is 0 Å². The molecule has 0 bridgehead atoms. The van der Waals surface area contributed by atoms with E-state index in [4.69, 9.17) is 28.3 Å². The van der Waals surface area contributed by atoms with E-state index in [9.17, 15) is 13.2 Å². The monoisotopic (exact) mass is 352 g/mol. The van der Waals surface area contributed by atoms with Gasteiger partial charge < -0.3 is 10.0 Å². The van der Waals surface area contributed by atoms with Gasteiger partial charge in [0.2, 0.25) is 10.0 Å². The predicted molar refractivity (Wildman–Crippen MR) is 79.4 cm³/mol. The van der Waals surface area contributed by atoms with E-state index in [0.717, 1.165) is 0 Å². The largest absolute Gasteiger partial charge is 0.465 e. The molecule has 1 aliphatic heterocycles. The molecule has 1 amide bonds. The highest BCUT2D eigenvalue weighted by Crippen LogP contribution is 2.25. The highest BCUT2D eigenvalue weighted by molar-refractivity contribution is 7.89. The number of nitrogens with zero attached hydrogens (tertiary/aromatic N) is 1. The van der Waals surface area contributed by atoms with Gasteiger partial charge in [-0.15, -0.1) is 0 Å². The zero-order chi connectivity index (χ0) is 15.6. The Labute approximate surface area is 132 Å². The fourth-order valence-electron chi connectivity index (χ4n) is 2.16. The van der Waals surface area contributed by atoms with Crippen LogP contribution < -0.4 is 4.72 Å². The van der Waals surface area contributed by atoms with Gasteiger partial charge in [0.1, 0.15) is 4.90 Å². The summed E-state index contributed by atoms with van der Waals surface area (Å²) in [6.07, 6.45) is -0.134. The molecule has 6 nitrogen and oxygen atoms in total. The summed E-state index contributed by atoms with van der Waals surface area (Å²) in [5.41, 5.74) is 0. The van der Waals surface area contributed by atoms with Crippen molar-refractivity contribution in [3.8, 4) is 0 Å². The van der Waals surface area contributed by atoms with Crippen LogP contribution in [0, 0.1) is 0 Å². The maximum atomic E-state index is 12.3. The van der Waals surface area contributed by atoms with Gasteiger partial charge in [-0.1, -0.05) is 23.2 Å². The number of hydrogen-bond acceptors (Lipinski definition) is 3. The molecule has 0 radical (unpaired) electrons. The summed E-state index contributed by atoms with van der Waals surface area (Å²) >= 11 is 11.7. The molecule has 1 fully saturated rings. The summed E-state index contributed by atoms with van der Waals surface area (Å²) in [6.45, 7) is 0.605. The van der Waals surface area contributed by atoms with Crippen molar-refractivity contribution in [3.63, 3.8) is 0 Å². The molecule has 2 N–H and O–H groups in total. The van der Waals surface area contributed by atoms with Crippen molar-refractivity contribution in [1.29, 1.82) is 0 Å². The molecule has 0 atom stereocenters. The van der Waals surface area contributed by atoms with Gasteiger partial charge in [-0.3, -0.25) is 0 Å². The summed E-state index contributed by atoms with van der Waals surface area (Å²) in [7, 11) is -3.75. The molecule has 116 valence electrons. The Hall–Kier alpha value is -1.02. The number of sulfonamides is 1. The van der Waals surface area contributed by atoms with Crippen LogP contribution in [-0.4, -0.2) is 43.6 Å². The van der Waals surface area contributed by atoms with Crippen molar-refractivity contribution in [2.45, 2.75) is 23.8 Å². The molecule has 1 saturated heterocycles. The highest BCUT2D eigenvalue weighted by atomic mass is 35.5. The van der Waals surface area contributed by atoms with E-state index in [1.54, 1.807) is 0 Å². The maximum Gasteiger partial charge on any atom is 0.407 e. The Kier molecular flexibility index (Phi) is 4.98. The third-order valence-electron chi connectivity index (χ3n) is 3.27. The Balaban J connectivity index is 2.07. The molecule has 1 aliphatic rings. The summed E-state index contributed by atoms with van der Waals surface area (Å²) in [6, 6.07) is 3.86. The van der Waals surface area contributed by atoms with Crippen molar-refractivity contribution < 1.29 is 18.3 Å². The summed E-state index contributed by atoms with van der Waals surface area (Å²) in [5.74, 6) is 0. The third-order valence-corrected chi connectivity index (χ3v) is 5.51. The summed E-state index contributed by atoms with van der Waals surface area (Å²) < 4.78 is 27.1. The number of halogens is 2. The number of likely N-dealkylation sites (tertiary alicyclic amines) is 1. The summed E-state index contributed by atoms with van der Waals surface area (Å²) in [5, 5.41) is 9.26. The van der Waals surface area contributed by atoms with Gasteiger partial charge in [0.25, 0.3) is 0 Å². The Morgan fingerprint density at radius 3 is 2.43 bits per heavy atom. The minimum absolute atomic E-state index is 0.0331. The molecule has 1 aromatic rings. The number of hydrogen-bond donors (Lipinski definition) is 2. The van der Waals surface area contributed by atoms with E-state index in [1.165, 1.54) is 23.1 Å². The first-order chi connectivity index (χ1) is 9.79. The number of piperidine rings is 1. The normalized spacial score (nSPS) is 17.0. The second-order valence-corrected chi connectivity index (χ2v) is 7.27. The molecule has 9 heteroatoms. The predicted octanol–water partition coefficient (Wildman–Crippen LogP) is 2.41. The molecular weight excluding hydrogens is 339 g/mol. The lowest BCUT2D eigenvalue weighted by Gasteiger charge is -2.30. The number of carboxylic acid groups (broad SMARTS) is 1. The van der Waals surface area contributed by atoms with E-state index in [1.807, 2.05) is 0 Å². The third kappa shape index (κ3) is 4.00. The van der Waals surface area contributed by atoms with Gasteiger partial charge in [0.05, 0.1) is 5.02 Å². The maximum absolute atomic E-state index is 12.3. The summed E-state index contributed by atoms with van der Waals surface area (Å²) in [4.78, 5) is 12.0. The van der Waals surface area contributed by atoms with Crippen LogP contribution in [0.5, 0.6) is 0 Å². The van der Waals surface area contributed by atoms with E-state index in [-0.39, 0.29) is 16.0 Å². The van der Waals surface area contributed by atoms with Crippen LogP contribution in [0.1, 0.15) is 12.8 Å². The standard InChI is InChI=1S/C12H14Cl2N2O4S/c13-8-1-2-11(10(14)7-8)21(19,20)15-9-3-5-16(6-4-9)12(17)18/h1-2,7,9,15H,3-6H2,(H,17,18). The van der Waals surface area contributed by atoms with Crippen LogP contribution in [-0.2, 0) is 10.0 Å². The molecule has 1 aromatic carbocycles. The van der Waals surface area contributed by atoms with E-state index in [0.29, 0.717) is 31.0 Å². The fourth-order valence-corrected chi connectivity index (χ4v) is 4.24. The lowest BCUT2D eigenvalue weighted by molar-refractivity contribution is 0.131. The van der Waals surface area contributed by atoms with Crippen molar-refractivity contribution in [3.05, 3.63) is 28.2 Å². The quantitative estimate of drug-likeness (QED) is 0.874. The molecule has 21 heavy (non-hydrogen) atoms. The van der Waals surface area contributed by atoms with Crippen molar-refractivity contribution in [2.75, 3.05) is 13.1 Å². The minimum Gasteiger partial charge on any atom is -0.465 e. The minimum atomic E-state index is -3.75. The van der Waals surface area contributed by atoms with Gasteiger partial charge in [0.15, 0.2) is 0 Å². The lowest BCUT2D eigenvalue weighted by Crippen LogP contribution is -2.46. The number of nitrogens with one attached hydrogen (secondary N) is 1. The topological polar surface area (TPSA) is 86.7 Å². The number of benzene rings is 1. The van der Waals surface area contributed by atoms with Gasteiger partial charge in [0, 0.05) is 24.2 Å². The first-order valence-electron chi connectivity index (χ1n) is 6.25. The van der Waals surface area contributed by atoms with Gasteiger partial charge >= 0.3 is 6.09 Å². The van der Waals surface area contributed by atoms with Crippen LogP contribution in [0.4, 0.5) is 4.79 Å². The number of carbonyl (C=O) groups is 1. The van der Waals surface area contributed by atoms with E-state index in [2.05, 4.69) is 4.72 Å². The Morgan fingerprint density at radius 2 is 1.90 bits per heavy atom. The number of rotatable bonds is 3. The highest BCUT2D eigenvalue weighted by Gasteiger charge is 2.27. The van der Waals surface area contributed by atoms with E-state index < -0.39 is 16.1 Å². The van der Waals surface area contributed by atoms with Gasteiger partial charge in [-0.2, -0.15) is 0 Å². The Morgan fingerprint density at radius 1 is 1.29 bits per heavy atom. The van der Waals surface area contributed by atoms with Crippen molar-refractivity contribution >= 4 is 39.3 Å². The van der Waals surface area contributed by atoms with Crippen LogP contribution >= 0.6 is 23.2 Å². The molecule has 2 rings (SSSR count). The second-order valence-electron chi connectivity index (χ2n) is 4.74. The SMILES string of the molecule is O=C(O)N1CCC(NS(=O)(=O)c2ccc(Cl)cc2Cl)CC1. The fraction of sp³-hybridized carbons (Fsp3) is 0.417. The average Bonchev–Trinajstić information content (AvgIpc) is 2.38. The lowest BCUT2D eigenvalue weighted by atomic mass is 10.1. The molecule has 0 spiro atoms. The zero-order valence-electron chi connectivity index (χ0n) is 10.9. The smallest absolute Gasteiger partial charge is 0.407 e. The molecule has 1 heterocycles. The average molecular weight is 353 g/mol. The first kappa shape index (κ1) is 16.4.